The monoisotopic (exact) mass is 279 g/mol. The summed E-state index contributed by atoms with van der Waals surface area (Å²) >= 11 is 1.47. The van der Waals surface area contributed by atoms with Crippen LogP contribution < -0.4 is 0 Å². The lowest BCUT2D eigenvalue weighted by Gasteiger charge is -2.10. The van der Waals surface area contributed by atoms with Crippen LogP contribution in [0.15, 0.2) is 41.8 Å². The summed E-state index contributed by atoms with van der Waals surface area (Å²) in [5.74, 6) is 0.543. The van der Waals surface area contributed by atoms with Gasteiger partial charge >= 0.3 is 0 Å². The van der Waals surface area contributed by atoms with Gasteiger partial charge < -0.3 is 9.84 Å². The molecule has 1 unspecified atom stereocenters. The Labute approximate surface area is 116 Å². The quantitative estimate of drug-likeness (QED) is 0.778. The van der Waals surface area contributed by atoms with Crippen LogP contribution in [0.1, 0.15) is 5.56 Å². The number of hydrogen-bond donors (Lipinski definition) is 1. The third-order valence-corrected chi connectivity index (χ3v) is 3.68. The molecule has 0 saturated heterocycles. The van der Waals surface area contributed by atoms with Crippen LogP contribution in [0.25, 0.3) is 0 Å². The number of nitrogens with zero attached hydrogens (tertiary/aromatic N) is 3. The zero-order valence-corrected chi connectivity index (χ0v) is 11.6. The molecule has 0 amide bonds. The van der Waals surface area contributed by atoms with Gasteiger partial charge in [-0.2, -0.15) is 5.10 Å². The number of aromatic nitrogens is 3. The molecule has 2 aromatic rings. The maximum Gasteiger partial charge on any atom is 0.185 e. The summed E-state index contributed by atoms with van der Waals surface area (Å²) in [4.78, 5) is 4.08. The Morgan fingerprint density at radius 2 is 2.16 bits per heavy atom. The summed E-state index contributed by atoms with van der Waals surface area (Å²) in [5, 5.41) is 14.6. The zero-order valence-electron chi connectivity index (χ0n) is 10.8. The molecule has 1 atom stereocenters. The van der Waals surface area contributed by atoms with Crippen molar-refractivity contribution in [3.05, 3.63) is 42.2 Å². The van der Waals surface area contributed by atoms with Crippen LogP contribution in [0, 0.1) is 0 Å². The van der Waals surface area contributed by atoms with Crippen molar-refractivity contribution in [2.75, 3.05) is 12.4 Å². The number of thioether (sulfide) groups is 1. The number of ether oxygens (including phenoxy) is 1. The predicted molar refractivity (Wildman–Crippen MR) is 73.8 cm³/mol. The van der Waals surface area contributed by atoms with Crippen molar-refractivity contribution in [3.8, 4) is 0 Å². The first-order valence-electron chi connectivity index (χ1n) is 6.02. The molecular weight excluding hydrogens is 262 g/mol. The van der Waals surface area contributed by atoms with Gasteiger partial charge in [0.1, 0.15) is 6.33 Å². The molecule has 0 aliphatic carbocycles. The van der Waals surface area contributed by atoms with E-state index in [1.807, 2.05) is 37.4 Å². The Kier molecular flexibility index (Phi) is 5.38. The molecule has 0 bridgehead atoms. The highest BCUT2D eigenvalue weighted by molar-refractivity contribution is 7.99. The molecule has 0 aliphatic heterocycles. The van der Waals surface area contributed by atoms with E-state index in [-0.39, 0.29) is 0 Å². The minimum atomic E-state index is -0.509. The van der Waals surface area contributed by atoms with Crippen LogP contribution in [0.2, 0.25) is 0 Å². The number of hydrogen-bond acceptors (Lipinski definition) is 5. The minimum Gasteiger partial charge on any atom is -0.390 e. The van der Waals surface area contributed by atoms with Gasteiger partial charge in [-0.1, -0.05) is 42.1 Å². The minimum absolute atomic E-state index is 0.319. The molecule has 0 saturated carbocycles. The van der Waals surface area contributed by atoms with Gasteiger partial charge in [-0.3, -0.25) is 0 Å². The number of aryl methyl sites for hydroxylation is 1. The van der Waals surface area contributed by atoms with E-state index in [2.05, 4.69) is 10.1 Å². The number of aliphatic hydroxyl groups excluding tert-OH is 1. The second-order valence-electron chi connectivity index (χ2n) is 4.13. The molecule has 1 N–H and O–H groups in total. The fraction of sp³-hybridized carbons (Fsp3) is 0.385. The molecule has 0 radical (unpaired) electrons. The van der Waals surface area contributed by atoms with Crippen LogP contribution in [0.3, 0.4) is 0 Å². The van der Waals surface area contributed by atoms with Crippen LogP contribution in [-0.4, -0.2) is 38.3 Å². The van der Waals surface area contributed by atoms with E-state index >= 15 is 0 Å². The molecule has 0 spiro atoms. The predicted octanol–water partition coefficient (Wildman–Crippen LogP) is 1.48. The molecule has 19 heavy (non-hydrogen) atoms. The van der Waals surface area contributed by atoms with E-state index in [9.17, 15) is 5.11 Å². The van der Waals surface area contributed by atoms with Crippen molar-refractivity contribution < 1.29 is 9.84 Å². The Hall–Kier alpha value is -1.37. The maximum atomic E-state index is 9.81. The first-order chi connectivity index (χ1) is 9.25. The van der Waals surface area contributed by atoms with Crippen LogP contribution >= 0.6 is 11.8 Å². The zero-order chi connectivity index (χ0) is 13.5. The summed E-state index contributed by atoms with van der Waals surface area (Å²) in [6.45, 7) is 0.840. The van der Waals surface area contributed by atoms with Crippen LogP contribution in [-0.2, 0) is 18.4 Å². The topological polar surface area (TPSA) is 60.2 Å². The Morgan fingerprint density at radius 1 is 1.37 bits per heavy atom. The SMILES string of the molecule is Cn1ncnc1SCC(O)COCc1ccccc1. The normalized spacial score (nSPS) is 12.5. The Bertz CT molecular complexity index is 490. The smallest absolute Gasteiger partial charge is 0.185 e. The van der Waals surface area contributed by atoms with Gasteiger partial charge in [0, 0.05) is 12.8 Å². The average Bonchev–Trinajstić information content (AvgIpc) is 2.83. The fourth-order valence-electron chi connectivity index (χ4n) is 1.52. The third kappa shape index (κ3) is 4.66. The highest BCUT2D eigenvalue weighted by Crippen LogP contribution is 2.14. The van der Waals surface area contributed by atoms with E-state index in [4.69, 9.17) is 4.74 Å². The summed E-state index contributed by atoms with van der Waals surface area (Å²) < 4.78 is 7.16. The van der Waals surface area contributed by atoms with Gasteiger partial charge in [-0.25, -0.2) is 9.67 Å². The number of benzene rings is 1. The van der Waals surface area contributed by atoms with E-state index in [1.54, 1.807) is 4.68 Å². The summed E-state index contributed by atoms with van der Waals surface area (Å²) in [6, 6.07) is 9.91. The van der Waals surface area contributed by atoms with Gasteiger partial charge in [0.2, 0.25) is 0 Å². The van der Waals surface area contributed by atoms with Gasteiger partial charge in [-0.05, 0) is 5.56 Å². The molecule has 5 nitrogen and oxygen atoms in total. The summed E-state index contributed by atoms with van der Waals surface area (Å²) in [5.41, 5.74) is 1.11. The van der Waals surface area contributed by atoms with Crippen molar-refractivity contribution in [3.63, 3.8) is 0 Å². The van der Waals surface area contributed by atoms with Gasteiger partial charge in [0.15, 0.2) is 5.16 Å². The molecule has 1 heterocycles. The Balaban J connectivity index is 1.65. The highest BCUT2D eigenvalue weighted by atomic mass is 32.2. The van der Waals surface area contributed by atoms with Crippen LogP contribution in [0.4, 0.5) is 0 Å². The number of rotatable bonds is 7. The average molecular weight is 279 g/mol. The maximum absolute atomic E-state index is 9.81. The van der Waals surface area contributed by atoms with E-state index in [0.29, 0.717) is 19.0 Å². The van der Waals surface area contributed by atoms with Gasteiger partial charge in [0.05, 0.1) is 19.3 Å². The fourth-order valence-corrected chi connectivity index (χ4v) is 2.32. The molecular formula is C13H17N3O2S. The van der Waals surface area contributed by atoms with Crippen molar-refractivity contribution in [1.29, 1.82) is 0 Å². The molecule has 6 heteroatoms. The summed E-state index contributed by atoms with van der Waals surface area (Å²) in [7, 11) is 1.83. The van der Waals surface area contributed by atoms with Gasteiger partial charge in [-0.15, -0.1) is 0 Å². The third-order valence-electron chi connectivity index (χ3n) is 2.50. The second kappa shape index (κ2) is 7.28. The molecule has 2 rings (SSSR count). The molecule has 1 aromatic heterocycles. The molecule has 0 aliphatic rings. The van der Waals surface area contributed by atoms with Crippen molar-refractivity contribution >= 4 is 11.8 Å². The van der Waals surface area contributed by atoms with E-state index in [1.165, 1.54) is 18.1 Å². The molecule has 102 valence electrons. The van der Waals surface area contributed by atoms with Crippen molar-refractivity contribution in [2.24, 2.45) is 7.05 Å². The Morgan fingerprint density at radius 3 is 2.84 bits per heavy atom. The first-order valence-corrected chi connectivity index (χ1v) is 7.01. The lowest BCUT2D eigenvalue weighted by molar-refractivity contribution is 0.0397. The first kappa shape index (κ1) is 14.0. The van der Waals surface area contributed by atoms with Gasteiger partial charge in [0.25, 0.3) is 0 Å². The standard InChI is InChI=1S/C13H17N3O2S/c1-16-13(14-10-15-16)19-9-12(17)8-18-7-11-5-3-2-4-6-11/h2-6,10,12,17H,7-9H2,1H3. The summed E-state index contributed by atoms with van der Waals surface area (Å²) in [6.07, 6.45) is 0.992. The van der Waals surface area contributed by atoms with Crippen LogP contribution in [0.5, 0.6) is 0 Å². The van der Waals surface area contributed by atoms with Crippen molar-refractivity contribution in [2.45, 2.75) is 17.9 Å². The lowest BCUT2D eigenvalue weighted by Crippen LogP contribution is -2.18. The highest BCUT2D eigenvalue weighted by Gasteiger charge is 2.08. The lowest BCUT2D eigenvalue weighted by atomic mass is 10.2. The number of aliphatic hydroxyl groups is 1. The van der Waals surface area contributed by atoms with Crippen molar-refractivity contribution in [1.82, 2.24) is 14.8 Å². The molecule has 0 fully saturated rings. The second-order valence-corrected chi connectivity index (χ2v) is 5.12. The molecule has 1 aromatic carbocycles. The van der Waals surface area contributed by atoms with E-state index < -0.39 is 6.10 Å². The van der Waals surface area contributed by atoms with E-state index in [0.717, 1.165) is 10.7 Å². The largest absolute Gasteiger partial charge is 0.390 e.